The number of nitriles is 1. The minimum Gasteiger partial charge on any atom is -0.480 e. The number of carbonyl (C=O) groups is 2. The molecule has 1 atom stereocenters. The summed E-state index contributed by atoms with van der Waals surface area (Å²) in [6.07, 6.45) is 1.09. The van der Waals surface area contributed by atoms with Gasteiger partial charge in [0.25, 0.3) is 5.91 Å². The zero-order chi connectivity index (χ0) is 14.9. The van der Waals surface area contributed by atoms with E-state index in [0.29, 0.717) is 30.6 Å². The fourth-order valence-electron chi connectivity index (χ4n) is 2.45. The predicted octanol–water partition coefficient (Wildman–Crippen LogP) is 1.34. The normalized spacial score (nSPS) is 21.6. The molecule has 1 fully saturated rings. The summed E-state index contributed by atoms with van der Waals surface area (Å²) < 4.78 is 0. The minimum atomic E-state index is -1.18. The first-order valence-corrected chi connectivity index (χ1v) is 6.33. The van der Waals surface area contributed by atoms with Gasteiger partial charge in [-0.25, -0.2) is 9.78 Å². The highest BCUT2D eigenvalue weighted by Gasteiger charge is 2.46. The molecule has 1 amide bonds. The Morgan fingerprint density at radius 1 is 1.50 bits per heavy atom. The Labute approximate surface area is 116 Å². The van der Waals surface area contributed by atoms with Crippen LogP contribution in [0.15, 0.2) is 12.1 Å². The zero-order valence-corrected chi connectivity index (χ0v) is 11.4. The third kappa shape index (κ3) is 2.11. The molecule has 2 heterocycles. The van der Waals surface area contributed by atoms with E-state index < -0.39 is 17.4 Å². The number of aryl methyl sites for hydroxylation is 1. The summed E-state index contributed by atoms with van der Waals surface area (Å²) in [6, 6.07) is 4.98. The molecule has 6 nitrogen and oxygen atoms in total. The molecular formula is C14H15N3O3. The Balaban J connectivity index is 2.35. The molecule has 0 radical (unpaired) electrons. The standard InChI is InChI=1S/C14H15N3O3/c1-9-10(8-15)4-5-11(16-9)12(18)17-7-3-6-14(17,2)13(19)20/h4-5H,3,6-7H2,1-2H3,(H,19,20). The van der Waals surface area contributed by atoms with Crippen molar-refractivity contribution < 1.29 is 14.7 Å². The molecule has 1 aliphatic rings. The van der Waals surface area contributed by atoms with Gasteiger partial charge in [-0.2, -0.15) is 5.26 Å². The van der Waals surface area contributed by atoms with Gasteiger partial charge in [-0.3, -0.25) is 4.79 Å². The Morgan fingerprint density at radius 3 is 2.75 bits per heavy atom. The smallest absolute Gasteiger partial charge is 0.329 e. The van der Waals surface area contributed by atoms with Crippen LogP contribution in [0.3, 0.4) is 0 Å². The van der Waals surface area contributed by atoms with E-state index in [1.807, 2.05) is 6.07 Å². The highest BCUT2D eigenvalue weighted by molar-refractivity contribution is 5.96. The monoisotopic (exact) mass is 273 g/mol. The molecular weight excluding hydrogens is 258 g/mol. The van der Waals surface area contributed by atoms with Crippen LogP contribution >= 0.6 is 0 Å². The summed E-state index contributed by atoms with van der Waals surface area (Å²) in [5.41, 5.74) is -0.130. The number of carboxylic acid groups (broad SMARTS) is 1. The van der Waals surface area contributed by atoms with Crippen LogP contribution in [0.1, 0.15) is 41.5 Å². The Kier molecular flexibility index (Phi) is 3.45. The van der Waals surface area contributed by atoms with Crippen molar-refractivity contribution in [2.24, 2.45) is 0 Å². The van der Waals surface area contributed by atoms with E-state index in [9.17, 15) is 14.7 Å². The average Bonchev–Trinajstić information content (AvgIpc) is 2.81. The van der Waals surface area contributed by atoms with E-state index in [2.05, 4.69) is 4.98 Å². The molecule has 20 heavy (non-hydrogen) atoms. The number of carboxylic acids is 1. The molecule has 0 bridgehead atoms. The molecule has 1 N–H and O–H groups in total. The lowest BCUT2D eigenvalue weighted by Crippen LogP contribution is -2.51. The van der Waals surface area contributed by atoms with Crippen molar-refractivity contribution in [3.63, 3.8) is 0 Å². The molecule has 1 aliphatic heterocycles. The van der Waals surface area contributed by atoms with Crippen molar-refractivity contribution >= 4 is 11.9 Å². The Hall–Kier alpha value is -2.42. The molecule has 1 saturated heterocycles. The summed E-state index contributed by atoms with van der Waals surface area (Å²) in [5.74, 6) is -1.41. The average molecular weight is 273 g/mol. The highest BCUT2D eigenvalue weighted by Crippen LogP contribution is 2.30. The van der Waals surface area contributed by atoms with Gasteiger partial charge in [-0.05, 0) is 38.8 Å². The predicted molar refractivity (Wildman–Crippen MR) is 70.0 cm³/mol. The van der Waals surface area contributed by atoms with Gasteiger partial charge in [0.05, 0.1) is 11.3 Å². The van der Waals surface area contributed by atoms with Crippen molar-refractivity contribution in [3.05, 3.63) is 29.1 Å². The lowest BCUT2D eigenvalue weighted by molar-refractivity contribution is -0.147. The van der Waals surface area contributed by atoms with E-state index in [1.165, 1.54) is 17.0 Å². The number of carbonyl (C=O) groups excluding carboxylic acids is 1. The SMILES string of the molecule is Cc1nc(C(=O)N2CCCC2(C)C(=O)O)ccc1C#N. The quantitative estimate of drug-likeness (QED) is 0.877. The van der Waals surface area contributed by atoms with Gasteiger partial charge in [0.15, 0.2) is 0 Å². The first kappa shape index (κ1) is 14.0. The van der Waals surface area contributed by atoms with Crippen molar-refractivity contribution in [1.29, 1.82) is 5.26 Å². The number of aromatic nitrogens is 1. The van der Waals surface area contributed by atoms with Gasteiger partial charge in [-0.1, -0.05) is 0 Å². The van der Waals surface area contributed by atoms with Crippen LogP contribution in [0.4, 0.5) is 0 Å². The first-order valence-electron chi connectivity index (χ1n) is 6.33. The molecule has 0 saturated carbocycles. The third-order valence-corrected chi connectivity index (χ3v) is 3.77. The Morgan fingerprint density at radius 2 is 2.20 bits per heavy atom. The third-order valence-electron chi connectivity index (χ3n) is 3.77. The lowest BCUT2D eigenvalue weighted by atomic mass is 9.99. The van der Waals surface area contributed by atoms with Gasteiger partial charge >= 0.3 is 5.97 Å². The molecule has 0 aromatic carbocycles. The summed E-state index contributed by atoms with van der Waals surface area (Å²) in [5, 5.41) is 18.2. The second-order valence-corrected chi connectivity index (χ2v) is 5.08. The zero-order valence-electron chi connectivity index (χ0n) is 11.4. The minimum absolute atomic E-state index is 0.177. The van der Waals surface area contributed by atoms with Gasteiger partial charge in [-0.15, -0.1) is 0 Å². The van der Waals surface area contributed by atoms with Crippen molar-refractivity contribution in [2.45, 2.75) is 32.2 Å². The number of aliphatic carboxylic acids is 1. The van der Waals surface area contributed by atoms with Gasteiger partial charge in [0.1, 0.15) is 17.3 Å². The number of nitrogens with zero attached hydrogens (tertiary/aromatic N) is 3. The molecule has 6 heteroatoms. The summed E-state index contributed by atoms with van der Waals surface area (Å²) in [4.78, 5) is 29.3. The summed E-state index contributed by atoms with van der Waals surface area (Å²) in [6.45, 7) is 3.61. The number of hydrogen-bond donors (Lipinski definition) is 1. The van der Waals surface area contributed by atoms with E-state index in [0.717, 1.165) is 0 Å². The van der Waals surface area contributed by atoms with Crippen LogP contribution in [0.25, 0.3) is 0 Å². The Bertz CT molecular complexity index is 621. The number of amides is 1. The molecule has 104 valence electrons. The first-order chi connectivity index (χ1) is 9.40. The second-order valence-electron chi connectivity index (χ2n) is 5.08. The van der Waals surface area contributed by atoms with Crippen LogP contribution in [0.5, 0.6) is 0 Å². The maximum Gasteiger partial charge on any atom is 0.329 e. The van der Waals surface area contributed by atoms with Crippen LogP contribution in [-0.4, -0.2) is 39.0 Å². The van der Waals surface area contributed by atoms with Crippen LogP contribution in [-0.2, 0) is 4.79 Å². The van der Waals surface area contributed by atoms with Crippen molar-refractivity contribution in [2.75, 3.05) is 6.54 Å². The van der Waals surface area contributed by atoms with E-state index in [-0.39, 0.29) is 5.69 Å². The number of rotatable bonds is 2. The van der Waals surface area contributed by atoms with Crippen LogP contribution < -0.4 is 0 Å². The highest BCUT2D eigenvalue weighted by atomic mass is 16.4. The fourth-order valence-corrected chi connectivity index (χ4v) is 2.45. The van der Waals surface area contributed by atoms with E-state index in [1.54, 1.807) is 13.8 Å². The van der Waals surface area contributed by atoms with Gasteiger partial charge < -0.3 is 10.0 Å². The molecule has 0 spiro atoms. The maximum atomic E-state index is 12.4. The van der Waals surface area contributed by atoms with Gasteiger partial charge in [0.2, 0.25) is 0 Å². The molecule has 1 unspecified atom stereocenters. The largest absolute Gasteiger partial charge is 0.480 e. The maximum absolute atomic E-state index is 12.4. The number of hydrogen-bond acceptors (Lipinski definition) is 4. The summed E-state index contributed by atoms with van der Waals surface area (Å²) in [7, 11) is 0. The van der Waals surface area contributed by atoms with E-state index >= 15 is 0 Å². The van der Waals surface area contributed by atoms with Crippen LogP contribution in [0, 0.1) is 18.3 Å². The van der Waals surface area contributed by atoms with E-state index in [4.69, 9.17) is 5.26 Å². The molecule has 1 aromatic rings. The number of pyridine rings is 1. The summed E-state index contributed by atoms with van der Waals surface area (Å²) >= 11 is 0. The number of likely N-dealkylation sites (tertiary alicyclic amines) is 1. The topological polar surface area (TPSA) is 94.3 Å². The molecule has 2 rings (SSSR count). The lowest BCUT2D eigenvalue weighted by Gasteiger charge is -2.30. The van der Waals surface area contributed by atoms with Crippen molar-refractivity contribution in [1.82, 2.24) is 9.88 Å². The van der Waals surface area contributed by atoms with Crippen LogP contribution in [0.2, 0.25) is 0 Å². The molecule has 1 aromatic heterocycles. The molecule has 0 aliphatic carbocycles. The van der Waals surface area contributed by atoms with Crippen molar-refractivity contribution in [3.8, 4) is 6.07 Å². The fraction of sp³-hybridized carbons (Fsp3) is 0.429. The van der Waals surface area contributed by atoms with Gasteiger partial charge in [0, 0.05) is 6.54 Å². The second kappa shape index (κ2) is 4.93.